The van der Waals surface area contributed by atoms with E-state index < -0.39 is 0 Å². The van der Waals surface area contributed by atoms with E-state index >= 15 is 0 Å². The van der Waals surface area contributed by atoms with Crippen molar-refractivity contribution in [3.63, 3.8) is 0 Å². The van der Waals surface area contributed by atoms with Crippen molar-refractivity contribution in [2.75, 3.05) is 0 Å². The van der Waals surface area contributed by atoms with E-state index in [1.165, 1.54) is 0 Å². The smallest absolute Gasteiger partial charge is 0.138 e. The van der Waals surface area contributed by atoms with E-state index in [1.54, 1.807) is 0 Å². The Morgan fingerprint density at radius 3 is 2.42 bits per heavy atom. The van der Waals surface area contributed by atoms with Crippen LogP contribution in [0.5, 0.6) is 5.75 Å². The van der Waals surface area contributed by atoms with Crippen LogP contribution in [0.2, 0.25) is 5.02 Å². The van der Waals surface area contributed by atoms with Crippen LogP contribution in [0.3, 0.4) is 0 Å². The van der Waals surface area contributed by atoms with Crippen LogP contribution in [0.25, 0.3) is 0 Å². The molecule has 2 nitrogen and oxygen atoms in total. The molecule has 0 heterocycles. The topological polar surface area (TPSA) is 35.2 Å². The molecule has 2 aromatic carbocycles. The number of benzene rings is 2. The summed E-state index contributed by atoms with van der Waals surface area (Å²) in [5.41, 5.74) is 8.16. The minimum atomic E-state index is -0.182. The van der Waals surface area contributed by atoms with Gasteiger partial charge in [-0.2, -0.15) is 0 Å². The predicted octanol–water partition coefficient (Wildman–Crippen LogP) is 4.12. The lowest BCUT2D eigenvalue weighted by atomic mass is 10.0. The summed E-state index contributed by atoms with van der Waals surface area (Å²) >= 11 is 6.01. The summed E-state index contributed by atoms with van der Waals surface area (Å²) in [6, 6.07) is 15.5. The third kappa shape index (κ3) is 3.49. The van der Waals surface area contributed by atoms with Gasteiger partial charge in [0.15, 0.2) is 0 Å². The molecule has 100 valence electrons. The van der Waals surface area contributed by atoms with Gasteiger partial charge in [0, 0.05) is 11.1 Å². The van der Waals surface area contributed by atoms with Crippen molar-refractivity contribution in [2.45, 2.75) is 26.0 Å². The van der Waals surface area contributed by atoms with Gasteiger partial charge in [-0.25, -0.2) is 0 Å². The lowest BCUT2D eigenvalue weighted by Gasteiger charge is -2.24. The molecule has 0 bridgehead atoms. The van der Waals surface area contributed by atoms with Gasteiger partial charge in [-0.05, 0) is 37.1 Å². The Kier molecular flexibility index (Phi) is 4.46. The standard InChI is InChI=1S/C16H18ClNO/c1-11-8-9-14(17)10-15(11)19-16(12(2)18)13-6-4-3-5-7-13/h3-10,12,16H,18H2,1-2H3. The normalized spacial score (nSPS) is 13.9. The fourth-order valence-electron chi connectivity index (χ4n) is 1.96. The lowest BCUT2D eigenvalue weighted by molar-refractivity contribution is 0.179. The average Bonchev–Trinajstić information content (AvgIpc) is 2.40. The fraction of sp³-hybridized carbons (Fsp3) is 0.250. The second-order valence-electron chi connectivity index (χ2n) is 4.72. The first-order valence-electron chi connectivity index (χ1n) is 6.31. The van der Waals surface area contributed by atoms with Crippen molar-refractivity contribution in [1.29, 1.82) is 0 Å². The largest absolute Gasteiger partial charge is 0.484 e. The molecule has 0 aliphatic carbocycles. The Morgan fingerprint density at radius 1 is 1.11 bits per heavy atom. The van der Waals surface area contributed by atoms with Crippen LogP contribution in [-0.2, 0) is 0 Å². The molecule has 2 rings (SSSR count). The van der Waals surface area contributed by atoms with Gasteiger partial charge >= 0.3 is 0 Å². The van der Waals surface area contributed by atoms with Crippen LogP contribution >= 0.6 is 11.6 Å². The van der Waals surface area contributed by atoms with Crippen LogP contribution in [0.4, 0.5) is 0 Å². The quantitative estimate of drug-likeness (QED) is 0.911. The van der Waals surface area contributed by atoms with Gasteiger partial charge in [-0.15, -0.1) is 0 Å². The summed E-state index contributed by atoms with van der Waals surface area (Å²) in [5.74, 6) is 0.777. The highest BCUT2D eigenvalue weighted by Crippen LogP contribution is 2.29. The summed E-state index contributed by atoms with van der Waals surface area (Å²) in [7, 11) is 0. The molecule has 0 saturated heterocycles. The van der Waals surface area contributed by atoms with Crippen molar-refractivity contribution < 1.29 is 4.74 Å². The van der Waals surface area contributed by atoms with Crippen molar-refractivity contribution in [1.82, 2.24) is 0 Å². The van der Waals surface area contributed by atoms with E-state index in [-0.39, 0.29) is 12.1 Å². The summed E-state index contributed by atoms with van der Waals surface area (Å²) in [6.07, 6.45) is -0.182. The van der Waals surface area contributed by atoms with E-state index in [0.29, 0.717) is 5.02 Å². The molecule has 0 saturated carbocycles. The minimum absolute atomic E-state index is 0.110. The van der Waals surface area contributed by atoms with E-state index in [0.717, 1.165) is 16.9 Å². The third-order valence-corrected chi connectivity index (χ3v) is 3.24. The molecule has 2 atom stereocenters. The van der Waals surface area contributed by atoms with Crippen LogP contribution in [-0.4, -0.2) is 6.04 Å². The highest BCUT2D eigenvalue weighted by molar-refractivity contribution is 6.30. The van der Waals surface area contributed by atoms with E-state index in [4.69, 9.17) is 22.1 Å². The Labute approximate surface area is 119 Å². The first-order valence-corrected chi connectivity index (χ1v) is 6.69. The zero-order chi connectivity index (χ0) is 13.8. The van der Waals surface area contributed by atoms with Crippen molar-refractivity contribution in [3.05, 3.63) is 64.7 Å². The first kappa shape index (κ1) is 13.9. The maximum atomic E-state index is 6.06. The summed E-state index contributed by atoms with van der Waals surface area (Å²) in [5, 5.41) is 0.664. The first-order chi connectivity index (χ1) is 9.08. The molecule has 3 heteroatoms. The SMILES string of the molecule is Cc1ccc(Cl)cc1OC(c1ccccc1)C(C)N. The molecule has 0 fully saturated rings. The van der Waals surface area contributed by atoms with Crippen molar-refractivity contribution in [3.8, 4) is 5.75 Å². The molecule has 0 spiro atoms. The number of nitrogens with two attached hydrogens (primary N) is 1. The second kappa shape index (κ2) is 6.09. The molecule has 0 aliphatic rings. The summed E-state index contributed by atoms with van der Waals surface area (Å²) in [4.78, 5) is 0. The van der Waals surface area contributed by atoms with Crippen LogP contribution in [0.15, 0.2) is 48.5 Å². The highest BCUT2D eigenvalue weighted by Gasteiger charge is 2.18. The zero-order valence-corrected chi connectivity index (χ0v) is 11.9. The average molecular weight is 276 g/mol. The number of aryl methyl sites for hydroxylation is 1. The van der Waals surface area contributed by atoms with Crippen LogP contribution < -0.4 is 10.5 Å². The number of hydrogen-bond donors (Lipinski definition) is 1. The Balaban J connectivity index is 2.29. The molecule has 2 aromatic rings. The summed E-state index contributed by atoms with van der Waals surface area (Å²) < 4.78 is 6.06. The van der Waals surface area contributed by atoms with Gasteiger partial charge in [0.25, 0.3) is 0 Å². The number of ether oxygens (including phenoxy) is 1. The zero-order valence-electron chi connectivity index (χ0n) is 11.1. The molecular weight excluding hydrogens is 258 g/mol. The fourth-order valence-corrected chi connectivity index (χ4v) is 2.12. The van der Waals surface area contributed by atoms with Crippen molar-refractivity contribution >= 4 is 11.6 Å². The highest BCUT2D eigenvalue weighted by atomic mass is 35.5. The minimum Gasteiger partial charge on any atom is -0.484 e. The van der Waals surface area contributed by atoms with Crippen LogP contribution in [0, 0.1) is 6.92 Å². The summed E-state index contributed by atoms with van der Waals surface area (Å²) in [6.45, 7) is 3.94. The van der Waals surface area contributed by atoms with Crippen LogP contribution in [0.1, 0.15) is 24.2 Å². The monoisotopic (exact) mass is 275 g/mol. The number of rotatable bonds is 4. The van der Waals surface area contributed by atoms with E-state index in [2.05, 4.69) is 0 Å². The molecule has 0 aliphatic heterocycles. The maximum Gasteiger partial charge on any atom is 0.138 e. The van der Waals surface area contributed by atoms with Gasteiger partial charge in [0.1, 0.15) is 11.9 Å². The van der Waals surface area contributed by atoms with Gasteiger partial charge in [-0.3, -0.25) is 0 Å². The van der Waals surface area contributed by atoms with Crippen molar-refractivity contribution in [2.24, 2.45) is 5.73 Å². The number of hydrogen-bond acceptors (Lipinski definition) is 2. The third-order valence-electron chi connectivity index (χ3n) is 3.01. The molecule has 2 unspecified atom stereocenters. The van der Waals surface area contributed by atoms with Gasteiger partial charge in [0.2, 0.25) is 0 Å². The predicted molar refractivity (Wildman–Crippen MR) is 79.6 cm³/mol. The van der Waals surface area contributed by atoms with E-state index in [1.807, 2.05) is 62.4 Å². The van der Waals surface area contributed by atoms with E-state index in [9.17, 15) is 0 Å². The lowest BCUT2D eigenvalue weighted by Crippen LogP contribution is -2.29. The molecule has 0 amide bonds. The molecule has 19 heavy (non-hydrogen) atoms. The Bertz CT molecular complexity index is 540. The molecule has 0 aromatic heterocycles. The van der Waals surface area contributed by atoms with Gasteiger partial charge < -0.3 is 10.5 Å². The maximum absolute atomic E-state index is 6.06. The van der Waals surface area contributed by atoms with Gasteiger partial charge in [0.05, 0.1) is 0 Å². The Hall–Kier alpha value is -1.51. The molecule has 0 radical (unpaired) electrons. The molecule has 2 N–H and O–H groups in total. The Morgan fingerprint density at radius 2 is 1.79 bits per heavy atom. The second-order valence-corrected chi connectivity index (χ2v) is 5.15. The van der Waals surface area contributed by atoms with Gasteiger partial charge in [-0.1, -0.05) is 48.0 Å². The number of halogens is 1. The molecular formula is C16H18ClNO.